The Kier molecular flexibility index (Phi) is 6.36. The molecular weight excluding hydrogens is 316 g/mol. The van der Waals surface area contributed by atoms with Crippen LogP contribution in [0.3, 0.4) is 0 Å². The highest BCUT2D eigenvalue weighted by Gasteiger charge is 2.24. The molecule has 5 heteroatoms. The molecule has 1 aromatic heterocycles. The summed E-state index contributed by atoms with van der Waals surface area (Å²) in [6.07, 6.45) is 5.63. The van der Waals surface area contributed by atoms with E-state index >= 15 is 0 Å². The Labute approximate surface area is 149 Å². The molecule has 1 atom stereocenters. The average Bonchev–Trinajstić information content (AvgIpc) is 3.20. The van der Waals surface area contributed by atoms with E-state index in [1.54, 1.807) is 20.5 Å². The first kappa shape index (κ1) is 17.8. The standard InChI is InChI=1S/C20H28N2O3/c1-23-17-9-8-16(20(13-17)24-2)14-21-15-18(19-7-6-12-25-19)22-10-4-3-5-11-22/h6-9,12-13,18,21H,3-5,10-11,14-15H2,1-2H3. The molecule has 0 saturated carbocycles. The van der Waals surface area contributed by atoms with Crippen LogP contribution >= 0.6 is 0 Å². The molecule has 1 saturated heterocycles. The van der Waals surface area contributed by atoms with Crippen LogP contribution in [0.2, 0.25) is 0 Å². The summed E-state index contributed by atoms with van der Waals surface area (Å²) in [4.78, 5) is 2.53. The molecule has 5 nitrogen and oxygen atoms in total. The van der Waals surface area contributed by atoms with Gasteiger partial charge in [-0.25, -0.2) is 0 Å². The number of rotatable bonds is 8. The second kappa shape index (κ2) is 8.92. The first-order valence-electron chi connectivity index (χ1n) is 9.01. The minimum atomic E-state index is 0.277. The molecule has 0 spiro atoms. The number of benzene rings is 1. The van der Waals surface area contributed by atoms with E-state index in [0.717, 1.165) is 49.0 Å². The number of ether oxygens (including phenoxy) is 2. The van der Waals surface area contributed by atoms with Gasteiger partial charge in [-0.1, -0.05) is 12.5 Å². The Hall–Kier alpha value is -1.98. The second-order valence-electron chi connectivity index (χ2n) is 6.44. The lowest BCUT2D eigenvalue weighted by atomic mass is 10.1. The summed E-state index contributed by atoms with van der Waals surface area (Å²) in [6, 6.07) is 10.3. The van der Waals surface area contributed by atoms with Crippen LogP contribution in [-0.4, -0.2) is 38.8 Å². The van der Waals surface area contributed by atoms with Crippen LogP contribution in [0.4, 0.5) is 0 Å². The van der Waals surface area contributed by atoms with E-state index in [1.165, 1.54) is 19.3 Å². The van der Waals surface area contributed by atoms with Crippen molar-refractivity contribution in [1.29, 1.82) is 0 Å². The highest BCUT2D eigenvalue weighted by Crippen LogP contribution is 2.26. The van der Waals surface area contributed by atoms with Crippen LogP contribution in [-0.2, 0) is 6.54 Å². The minimum Gasteiger partial charge on any atom is -0.497 e. The monoisotopic (exact) mass is 344 g/mol. The van der Waals surface area contributed by atoms with Crippen molar-refractivity contribution in [3.05, 3.63) is 47.9 Å². The molecule has 1 N–H and O–H groups in total. The predicted octanol–water partition coefficient (Wildman–Crippen LogP) is 3.61. The average molecular weight is 344 g/mol. The molecule has 25 heavy (non-hydrogen) atoms. The van der Waals surface area contributed by atoms with Crippen LogP contribution in [0.15, 0.2) is 41.0 Å². The smallest absolute Gasteiger partial charge is 0.127 e. The van der Waals surface area contributed by atoms with E-state index in [1.807, 2.05) is 24.3 Å². The molecule has 3 rings (SSSR count). The van der Waals surface area contributed by atoms with Crippen LogP contribution in [0.1, 0.15) is 36.6 Å². The Morgan fingerprint density at radius 2 is 1.96 bits per heavy atom. The Bertz CT molecular complexity index is 636. The molecule has 2 heterocycles. The van der Waals surface area contributed by atoms with E-state index in [9.17, 15) is 0 Å². The van der Waals surface area contributed by atoms with Crippen molar-refractivity contribution in [1.82, 2.24) is 10.2 Å². The topological polar surface area (TPSA) is 46.9 Å². The number of nitrogens with zero attached hydrogens (tertiary/aromatic N) is 1. The van der Waals surface area contributed by atoms with Crippen LogP contribution < -0.4 is 14.8 Å². The molecule has 0 bridgehead atoms. The third-order valence-corrected chi connectivity index (χ3v) is 4.85. The maximum Gasteiger partial charge on any atom is 0.127 e. The van der Waals surface area contributed by atoms with Gasteiger partial charge in [0.2, 0.25) is 0 Å². The third kappa shape index (κ3) is 4.55. The molecule has 136 valence electrons. The molecule has 0 aliphatic carbocycles. The molecule has 1 fully saturated rings. The van der Waals surface area contributed by atoms with Crippen molar-refractivity contribution in [3.63, 3.8) is 0 Å². The molecule has 0 radical (unpaired) electrons. The van der Waals surface area contributed by atoms with Gasteiger partial charge in [0.25, 0.3) is 0 Å². The van der Waals surface area contributed by atoms with Crippen LogP contribution in [0.5, 0.6) is 11.5 Å². The van der Waals surface area contributed by atoms with E-state index in [0.29, 0.717) is 0 Å². The van der Waals surface area contributed by atoms with E-state index in [-0.39, 0.29) is 6.04 Å². The zero-order valence-corrected chi connectivity index (χ0v) is 15.2. The number of methoxy groups -OCH3 is 2. The second-order valence-corrected chi connectivity index (χ2v) is 6.44. The number of nitrogens with one attached hydrogen (secondary N) is 1. The summed E-state index contributed by atoms with van der Waals surface area (Å²) in [7, 11) is 3.36. The molecule has 1 aromatic carbocycles. The SMILES string of the molecule is COc1ccc(CNCC(c2ccco2)N2CCCCC2)c(OC)c1. The van der Waals surface area contributed by atoms with Crippen LogP contribution in [0, 0.1) is 0 Å². The summed E-state index contributed by atoms with van der Waals surface area (Å²) in [6.45, 7) is 3.87. The van der Waals surface area contributed by atoms with Gasteiger partial charge in [0.15, 0.2) is 0 Å². The van der Waals surface area contributed by atoms with E-state index < -0.39 is 0 Å². The van der Waals surface area contributed by atoms with Gasteiger partial charge in [-0.15, -0.1) is 0 Å². The summed E-state index contributed by atoms with van der Waals surface area (Å²) in [5, 5.41) is 3.58. The Balaban J connectivity index is 1.63. The fourth-order valence-electron chi connectivity index (χ4n) is 3.46. The fraction of sp³-hybridized carbons (Fsp3) is 0.500. The maximum atomic E-state index is 5.70. The lowest BCUT2D eigenvalue weighted by Crippen LogP contribution is -2.38. The normalized spacial score (nSPS) is 16.6. The van der Waals surface area contributed by atoms with Crippen LogP contribution in [0.25, 0.3) is 0 Å². The maximum absolute atomic E-state index is 5.70. The number of hydrogen-bond donors (Lipinski definition) is 1. The quantitative estimate of drug-likeness (QED) is 0.793. The Morgan fingerprint density at radius 3 is 2.64 bits per heavy atom. The lowest BCUT2D eigenvalue weighted by Gasteiger charge is -2.33. The van der Waals surface area contributed by atoms with Gasteiger partial charge in [0.1, 0.15) is 17.3 Å². The number of hydrogen-bond acceptors (Lipinski definition) is 5. The van der Waals surface area contributed by atoms with Gasteiger partial charge in [0.05, 0.1) is 26.5 Å². The van der Waals surface area contributed by atoms with Gasteiger partial charge in [-0.3, -0.25) is 4.90 Å². The summed E-state index contributed by atoms with van der Waals surface area (Å²) in [5.74, 6) is 2.69. The van der Waals surface area contributed by atoms with Crippen molar-refractivity contribution < 1.29 is 13.9 Å². The molecule has 1 unspecified atom stereocenters. The largest absolute Gasteiger partial charge is 0.497 e. The van der Waals surface area contributed by atoms with Crippen molar-refractivity contribution in [2.45, 2.75) is 31.8 Å². The number of furan rings is 1. The predicted molar refractivity (Wildman–Crippen MR) is 98.1 cm³/mol. The van der Waals surface area contributed by atoms with Gasteiger partial charge in [0, 0.05) is 24.7 Å². The van der Waals surface area contributed by atoms with E-state index in [4.69, 9.17) is 13.9 Å². The van der Waals surface area contributed by atoms with Crippen molar-refractivity contribution in [3.8, 4) is 11.5 Å². The lowest BCUT2D eigenvalue weighted by molar-refractivity contribution is 0.142. The van der Waals surface area contributed by atoms with Gasteiger partial charge in [-0.05, 0) is 44.1 Å². The molecule has 0 amide bonds. The number of piperidine rings is 1. The zero-order valence-electron chi connectivity index (χ0n) is 15.2. The van der Waals surface area contributed by atoms with Crippen molar-refractivity contribution >= 4 is 0 Å². The van der Waals surface area contributed by atoms with Gasteiger partial charge < -0.3 is 19.2 Å². The minimum absolute atomic E-state index is 0.277. The Morgan fingerprint density at radius 1 is 1.12 bits per heavy atom. The summed E-state index contributed by atoms with van der Waals surface area (Å²) in [5.41, 5.74) is 1.13. The van der Waals surface area contributed by atoms with Gasteiger partial charge >= 0.3 is 0 Å². The first-order valence-corrected chi connectivity index (χ1v) is 9.01. The zero-order chi connectivity index (χ0) is 17.5. The third-order valence-electron chi connectivity index (χ3n) is 4.85. The molecule has 2 aromatic rings. The molecule has 1 aliphatic heterocycles. The molecular formula is C20H28N2O3. The highest BCUT2D eigenvalue weighted by molar-refractivity contribution is 5.40. The highest BCUT2D eigenvalue weighted by atomic mass is 16.5. The van der Waals surface area contributed by atoms with Gasteiger partial charge in [-0.2, -0.15) is 0 Å². The van der Waals surface area contributed by atoms with E-state index in [2.05, 4.69) is 16.3 Å². The first-order chi connectivity index (χ1) is 12.3. The summed E-state index contributed by atoms with van der Waals surface area (Å²) < 4.78 is 16.5. The van der Waals surface area contributed by atoms with Crippen molar-refractivity contribution in [2.75, 3.05) is 33.9 Å². The molecule has 1 aliphatic rings. The fourth-order valence-corrected chi connectivity index (χ4v) is 3.46. The summed E-state index contributed by atoms with van der Waals surface area (Å²) >= 11 is 0. The van der Waals surface area contributed by atoms with Crippen molar-refractivity contribution in [2.24, 2.45) is 0 Å². The number of likely N-dealkylation sites (tertiary alicyclic amines) is 1.